The number of benzene rings is 1. The van der Waals surface area contributed by atoms with E-state index in [1.807, 2.05) is 0 Å². The van der Waals surface area contributed by atoms with E-state index in [2.05, 4.69) is 59.7 Å². The molecule has 0 unspecified atom stereocenters. The molecule has 0 aliphatic heterocycles. The van der Waals surface area contributed by atoms with E-state index >= 15 is 0 Å². The number of phenolic OH excluding ortho intramolecular Hbond substituents is 1. The van der Waals surface area contributed by atoms with Gasteiger partial charge in [-0.15, -0.1) is 0 Å². The van der Waals surface area contributed by atoms with E-state index in [-0.39, 0.29) is 0 Å². The smallest absolute Gasteiger partial charge is 0.121 e. The van der Waals surface area contributed by atoms with Crippen LogP contribution >= 0.6 is 0 Å². The number of hydrogen-bond donors (Lipinski definition) is 1. The van der Waals surface area contributed by atoms with Crippen molar-refractivity contribution in [2.75, 3.05) is 0 Å². The van der Waals surface area contributed by atoms with Gasteiger partial charge in [-0.2, -0.15) is 0 Å². The molecule has 1 aromatic rings. The maximum Gasteiger partial charge on any atom is 0.121 e. The first-order chi connectivity index (χ1) is 8.58. The SMILES string of the molecule is CC(C)(C)CCc1cccc(CCC(C)(C)C)c1O. The van der Waals surface area contributed by atoms with Gasteiger partial charge in [0.05, 0.1) is 0 Å². The molecule has 0 aromatic heterocycles. The largest absolute Gasteiger partial charge is 0.507 e. The molecular formula is C18H30O. The number of para-hydroxylation sites is 1. The summed E-state index contributed by atoms with van der Waals surface area (Å²) in [5.41, 5.74) is 2.82. The van der Waals surface area contributed by atoms with Crippen LogP contribution in [0.3, 0.4) is 0 Å². The molecule has 0 aliphatic carbocycles. The van der Waals surface area contributed by atoms with Gasteiger partial charge in [-0.25, -0.2) is 0 Å². The Morgan fingerprint density at radius 3 is 1.47 bits per heavy atom. The predicted molar refractivity (Wildman–Crippen MR) is 83.7 cm³/mol. The van der Waals surface area contributed by atoms with Gasteiger partial charge in [-0.1, -0.05) is 59.7 Å². The first-order valence-electron chi connectivity index (χ1n) is 7.38. The quantitative estimate of drug-likeness (QED) is 0.775. The number of aryl methyl sites for hydroxylation is 2. The number of phenols is 1. The van der Waals surface area contributed by atoms with Crippen LogP contribution < -0.4 is 0 Å². The normalized spacial score (nSPS) is 12.7. The molecule has 0 amide bonds. The fraction of sp³-hybridized carbons (Fsp3) is 0.667. The van der Waals surface area contributed by atoms with Crippen LogP contribution in [0.25, 0.3) is 0 Å². The zero-order chi connectivity index (χ0) is 14.7. The van der Waals surface area contributed by atoms with E-state index in [0.29, 0.717) is 16.6 Å². The third kappa shape index (κ3) is 6.13. The average molecular weight is 262 g/mol. The second-order valence-corrected chi connectivity index (χ2v) is 8.05. The number of aromatic hydroxyl groups is 1. The van der Waals surface area contributed by atoms with Gasteiger partial charge < -0.3 is 5.11 Å². The summed E-state index contributed by atoms with van der Waals surface area (Å²) < 4.78 is 0. The average Bonchev–Trinajstić information content (AvgIpc) is 2.23. The molecule has 0 heterocycles. The molecule has 1 nitrogen and oxygen atoms in total. The topological polar surface area (TPSA) is 20.2 Å². The van der Waals surface area contributed by atoms with Gasteiger partial charge in [-0.05, 0) is 47.6 Å². The van der Waals surface area contributed by atoms with Gasteiger partial charge in [0.15, 0.2) is 0 Å². The van der Waals surface area contributed by atoms with Crippen LogP contribution in [0.1, 0.15) is 65.5 Å². The van der Waals surface area contributed by atoms with Crippen LogP contribution in [-0.2, 0) is 12.8 Å². The fourth-order valence-electron chi connectivity index (χ4n) is 2.07. The Hall–Kier alpha value is -0.980. The highest BCUT2D eigenvalue weighted by Crippen LogP contribution is 2.30. The van der Waals surface area contributed by atoms with Crippen molar-refractivity contribution in [2.24, 2.45) is 10.8 Å². The Morgan fingerprint density at radius 1 is 0.789 bits per heavy atom. The minimum absolute atomic E-state index is 0.313. The van der Waals surface area contributed by atoms with E-state index in [4.69, 9.17) is 0 Å². The van der Waals surface area contributed by atoms with E-state index in [1.54, 1.807) is 0 Å². The molecule has 0 atom stereocenters. The Kier molecular flexibility index (Phi) is 5.06. The van der Waals surface area contributed by atoms with Crippen LogP contribution in [0, 0.1) is 10.8 Å². The molecule has 0 radical (unpaired) electrons. The molecule has 1 N–H and O–H groups in total. The lowest BCUT2D eigenvalue weighted by molar-refractivity contribution is 0.367. The van der Waals surface area contributed by atoms with Gasteiger partial charge in [0, 0.05) is 0 Å². The third-order valence-electron chi connectivity index (χ3n) is 3.49. The summed E-state index contributed by atoms with van der Waals surface area (Å²) in [6, 6.07) is 6.19. The molecular weight excluding hydrogens is 232 g/mol. The molecule has 0 saturated heterocycles. The van der Waals surface area contributed by atoms with Crippen molar-refractivity contribution in [1.29, 1.82) is 0 Å². The highest BCUT2D eigenvalue weighted by atomic mass is 16.3. The highest BCUT2D eigenvalue weighted by Gasteiger charge is 2.15. The molecule has 1 aromatic carbocycles. The monoisotopic (exact) mass is 262 g/mol. The molecule has 0 fully saturated rings. The van der Waals surface area contributed by atoms with E-state index < -0.39 is 0 Å². The van der Waals surface area contributed by atoms with Gasteiger partial charge in [-0.3, -0.25) is 0 Å². The van der Waals surface area contributed by atoms with Crippen molar-refractivity contribution >= 4 is 0 Å². The van der Waals surface area contributed by atoms with Crippen molar-refractivity contribution in [1.82, 2.24) is 0 Å². The van der Waals surface area contributed by atoms with Gasteiger partial charge in [0.1, 0.15) is 5.75 Å². The summed E-state index contributed by atoms with van der Waals surface area (Å²) in [6.07, 6.45) is 4.12. The second kappa shape index (κ2) is 5.98. The fourth-order valence-corrected chi connectivity index (χ4v) is 2.07. The van der Waals surface area contributed by atoms with Crippen LogP contribution in [0.4, 0.5) is 0 Å². The molecule has 108 valence electrons. The molecule has 1 heteroatoms. The first kappa shape index (κ1) is 16.1. The van der Waals surface area contributed by atoms with Crippen LogP contribution in [0.5, 0.6) is 5.75 Å². The van der Waals surface area contributed by atoms with Crippen molar-refractivity contribution in [2.45, 2.75) is 67.2 Å². The van der Waals surface area contributed by atoms with Crippen molar-refractivity contribution in [3.63, 3.8) is 0 Å². The summed E-state index contributed by atoms with van der Waals surface area (Å²) in [6.45, 7) is 13.5. The van der Waals surface area contributed by atoms with E-state index in [0.717, 1.165) is 36.8 Å². The maximum atomic E-state index is 10.4. The summed E-state index contributed by atoms with van der Waals surface area (Å²) in [5.74, 6) is 0.524. The van der Waals surface area contributed by atoms with Crippen molar-refractivity contribution in [3.05, 3.63) is 29.3 Å². The molecule has 19 heavy (non-hydrogen) atoms. The lowest BCUT2D eigenvalue weighted by Crippen LogP contribution is -2.08. The van der Waals surface area contributed by atoms with Gasteiger partial charge in [0.25, 0.3) is 0 Å². The standard InChI is InChI=1S/C18H30O/c1-17(2,3)12-10-14-8-7-9-15(16(14)19)11-13-18(4,5)6/h7-9,19H,10-13H2,1-6H3. The number of hydrogen-bond acceptors (Lipinski definition) is 1. The van der Waals surface area contributed by atoms with Gasteiger partial charge in [0.2, 0.25) is 0 Å². The summed E-state index contributed by atoms with van der Waals surface area (Å²) in [7, 11) is 0. The minimum atomic E-state index is 0.313. The minimum Gasteiger partial charge on any atom is -0.507 e. The third-order valence-corrected chi connectivity index (χ3v) is 3.49. The Morgan fingerprint density at radius 2 is 1.16 bits per heavy atom. The van der Waals surface area contributed by atoms with Crippen molar-refractivity contribution in [3.8, 4) is 5.75 Å². The van der Waals surface area contributed by atoms with Gasteiger partial charge >= 0.3 is 0 Å². The van der Waals surface area contributed by atoms with Crippen molar-refractivity contribution < 1.29 is 5.11 Å². The highest BCUT2D eigenvalue weighted by molar-refractivity contribution is 5.40. The zero-order valence-electron chi connectivity index (χ0n) is 13.5. The Bertz CT molecular complexity index is 368. The van der Waals surface area contributed by atoms with Crippen LogP contribution in [0.15, 0.2) is 18.2 Å². The lowest BCUT2D eigenvalue weighted by Gasteiger charge is -2.20. The molecule has 0 spiro atoms. The summed E-state index contributed by atoms with van der Waals surface area (Å²) in [5, 5.41) is 10.4. The first-order valence-corrected chi connectivity index (χ1v) is 7.38. The number of rotatable bonds is 4. The Balaban J connectivity index is 2.75. The van der Waals surface area contributed by atoms with Crippen LogP contribution in [-0.4, -0.2) is 5.11 Å². The molecule has 0 saturated carbocycles. The second-order valence-electron chi connectivity index (χ2n) is 8.05. The molecule has 1 rings (SSSR count). The molecule has 0 aliphatic rings. The van der Waals surface area contributed by atoms with Crippen LogP contribution in [0.2, 0.25) is 0 Å². The molecule has 0 bridgehead atoms. The van der Waals surface area contributed by atoms with E-state index in [1.165, 1.54) is 0 Å². The lowest BCUT2D eigenvalue weighted by atomic mass is 9.86. The maximum absolute atomic E-state index is 10.4. The summed E-state index contributed by atoms with van der Waals surface area (Å²) in [4.78, 5) is 0. The Labute approximate surface area is 119 Å². The summed E-state index contributed by atoms with van der Waals surface area (Å²) >= 11 is 0. The zero-order valence-corrected chi connectivity index (χ0v) is 13.5. The van der Waals surface area contributed by atoms with E-state index in [9.17, 15) is 5.11 Å². The predicted octanol–water partition coefficient (Wildman–Crippen LogP) is 5.35.